The maximum atomic E-state index is 11.6. The van der Waals surface area contributed by atoms with E-state index >= 15 is 0 Å². The van der Waals surface area contributed by atoms with Gasteiger partial charge in [0.1, 0.15) is 0 Å². The van der Waals surface area contributed by atoms with Crippen molar-refractivity contribution in [3.8, 4) is 0 Å². The molecule has 0 aromatic carbocycles. The van der Waals surface area contributed by atoms with Crippen LogP contribution >= 0.6 is 0 Å². The molecule has 0 atom stereocenters. The van der Waals surface area contributed by atoms with Gasteiger partial charge < -0.3 is 0 Å². The van der Waals surface area contributed by atoms with Crippen LogP contribution in [0.15, 0.2) is 11.0 Å². The number of H-pyrrole nitrogens is 1. The minimum atomic E-state index is -0.114. The summed E-state index contributed by atoms with van der Waals surface area (Å²) in [5.41, 5.74) is 0.572. The van der Waals surface area contributed by atoms with Crippen molar-refractivity contribution in [1.29, 1.82) is 0 Å². The number of fused-ring (bicyclic) bond motifs is 1. The topological polar surface area (TPSA) is 75.9 Å². The summed E-state index contributed by atoms with van der Waals surface area (Å²) >= 11 is 0. The Morgan fingerprint density at radius 3 is 3.23 bits per heavy atom. The molecule has 0 saturated carbocycles. The molecule has 2 aromatic rings. The van der Waals surface area contributed by atoms with Gasteiger partial charge in [-0.3, -0.25) is 4.79 Å². The minimum Gasteiger partial charge on any atom is -0.267 e. The molecule has 0 saturated heterocycles. The van der Waals surface area contributed by atoms with Crippen molar-refractivity contribution in [3.05, 3.63) is 22.1 Å². The van der Waals surface area contributed by atoms with E-state index in [1.54, 1.807) is 6.20 Å². The average Bonchev–Trinajstić information content (AvgIpc) is 2.58. The van der Waals surface area contributed by atoms with E-state index in [-0.39, 0.29) is 5.56 Å². The fourth-order valence-corrected chi connectivity index (χ4v) is 1.20. The Balaban J connectivity index is 2.67. The molecule has 0 aliphatic carbocycles. The van der Waals surface area contributed by atoms with Crippen LogP contribution in [0.2, 0.25) is 0 Å². The summed E-state index contributed by atoms with van der Waals surface area (Å²) in [6, 6.07) is 0. The number of nitrogens with one attached hydrogen (secondary N) is 1. The first kappa shape index (κ1) is 7.90. The van der Waals surface area contributed by atoms with Crippen LogP contribution < -0.4 is 5.56 Å². The zero-order valence-corrected chi connectivity index (χ0v) is 7.19. The number of aryl methyl sites for hydroxylation is 1. The van der Waals surface area contributed by atoms with Crippen molar-refractivity contribution in [2.45, 2.75) is 19.8 Å². The Hall–Kier alpha value is -1.72. The molecule has 2 rings (SSSR count). The molecule has 0 unspecified atom stereocenters. The van der Waals surface area contributed by atoms with E-state index in [1.165, 1.54) is 4.52 Å². The number of hydrogen-bond acceptors (Lipinski definition) is 4. The largest absolute Gasteiger partial charge is 0.278 e. The lowest BCUT2D eigenvalue weighted by molar-refractivity contribution is 0.779. The van der Waals surface area contributed by atoms with Crippen molar-refractivity contribution < 1.29 is 0 Å². The molecule has 0 aliphatic rings. The molecule has 68 valence electrons. The lowest BCUT2D eigenvalue weighted by Gasteiger charge is -1.95. The van der Waals surface area contributed by atoms with Gasteiger partial charge in [0.2, 0.25) is 0 Å². The lowest BCUT2D eigenvalue weighted by Crippen LogP contribution is -2.19. The molecular weight excluding hydrogens is 170 g/mol. The van der Waals surface area contributed by atoms with E-state index in [1.807, 2.05) is 6.92 Å². The van der Waals surface area contributed by atoms with E-state index in [0.717, 1.165) is 12.8 Å². The van der Waals surface area contributed by atoms with Gasteiger partial charge in [0, 0.05) is 11.8 Å². The Morgan fingerprint density at radius 1 is 1.62 bits per heavy atom. The highest BCUT2D eigenvalue weighted by Crippen LogP contribution is 1.95. The average molecular weight is 179 g/mol. The third-order valence-corrected chi connectivity index (χ3v) is 1.82. The molecular formula is C7H9N5O. The second-order valence-electron chi connectivity index (χ2n) is 2.77. The molecule has 0 amide bonds. The second-order valence-corrected chi connectivity index (χ2v) is 2.77. The van der Waals surface area contributed by atoms with Crippen molar-refractivity contribution in [2.24, 2.45) is 0 Å². The fraction of sp³-hybridized carbons (Fsp3) is 0.429. The van der Waals surface area contributed by atoms with Gasteiger partial charge in [0.25, 0.3) is 11.3 Å². The van der Waals surface area contributed by atoms with E-state index in [9.17, 15) is 4.79 Å². The zero-order valence-electron chi connectivity index (χ0n) is 7.19. The van der Waals surface area contributed by atoms with Crippen LogP contribution in [-0.4, -0.2) is 25.0 Å². The van der Waals surface area contributed by atoms with E-state index in [2.05, 4.69) is 20.5 Å². The molecule has 2 aromatic heterocycles. The maximum absolute atomic E-state index is 11.6. The summed E-state index contributed by atoms with van der Waals surface area (Å²) in [4.78, 5) is 15.6. The number of rotatable bonds is 2. The lowest BCUT2D eigenvalue weighted by atomic mass is 10.2. The van der Waals surface area contributed by atoms with Crippen LogP contribution in [0.3, 0.4) is 0 Å². The SMILES string of the molecule is CCCc1cnc2nn[nH]n2c1=O. The van der Waals surface area contributed by atoms with E-state index < -0.39 is 0 Å². The van der Waals surface area contributed by atoms with Crippen LogP contribution in [0, 0.1) is 0 Å². The normalized spacial score (nSPS) is 10.8. The maximum Gasteiger partial charge on any atom is 0.278 e. The minimum absolute atomic E-state index is 0.114. The summed E-state index contributed by atoms with van der Waals surface area (Å²) in [5.74, 6) is 0.310. The first-order chi connectivity index (χ1) is 6.33. The Morgan fingerprint density at radius 2 is 2.46 bits per heavy atom. The van der Waals surface area contributed by atoms with Gasteiger partial charge in [0.05, 0.1) is 0 Å². The summed E-state index contributed by atoms with van der Waals surface area (Å²) in [5, 5.41) is 9.58. The summed E-state index contributed by atoms with van der Waals surface area (Å²) in [6.45, 7) is 2.01. The van der Waals surface area contributed by atoms with E-state index in [0.29, 0.717) is 11.3 Å². The molecule has 6 heteroatoms. The third-order valence-electron chi connectivity index (χ3n) is 1.82. The second kappa shape index (κ2) is 2.96. The predicted molar refractivity (Wildman–Crippen MR) is 45.4 cm³/mol. The van der Waals surface area contributed by atoms with Crippen LogP contribution in [0.5, 0.6) is 0 Å². The van der Waals surface area contributed by atoms with Crippen molar-refractivity contribution in [3.63, 3.8) is 0 Å². The predicted octanol–water partition coefficient (Wildman–Crippen LogP) is -0.235. The molecule has 2 heterocycles. The first-order valence-corrected chi connectivity index (χ1v) is 4.10. The Bertz CT molecular complexity index is 471. The number of nitrogens with zero attached hydrogens (tertiary/aromatic N) is 4. The third kappa shape index (κ3) is 1.20. The molecule has 0 radical (unpaired) electrons. The van der Waals surface area contributed by atoms with Crippen LogP contribution in [0.25, 0.3) is 5.78 Å². The first-order valence-electron chi connectivity index (χ1n) is 4.10. The van der Waals surface area contributed by atoms with Gasteiger partial charge in [-0.25, -0.2) is 4.98 Å². The smallest absolute Gasteiger partial charge is 0.267 e. The van der Waals surface area contributed by atoms with Crippen molar-refractivity contribution in [1.82, 2.24) is 25.0 Å². The standard InChI is InChI=1S/C7H9N5O/c1-2-3-5-4-8-7-9-10-11-12(7)6(5)13/h4H,2-3H2,1H3,(H,8,9,11). The highest BCUT2D eigenvalue weighted by atomic mass is 16.1. The monoisotopic (exact) mass is 179 g/mol. The Kier molecular flexibility index (Phi) is 1.80. The van der Waals surface area contributed by atoms with Crippen LogP contribution in [0.4, 0.5) is 0 Å². The molecule has 1 N–H and O–H groups in total. The van der Waals surface area contributed by atoms with Gasteiger partial charge in [-0.2, -0.15) is 9.73 Å². The molecule has 0 aliphatic heterocycles. The summed E-state index contributed by atoms with van der Waals surface area (Å²) in [7, 11) is 0. The quantitative estimate of drug-likeness (QED) is 0.690. The van der Waals surface area contributed by atoms with Gasteiger partial charge >= 0.3 is 0 Å². The fourth-order valence-electron chi connectivity index (χ4n) is 1.20. The van der Waals surface area contributed by atoms with Crippen molar-refractivity contribution >= 4 is 5.78 Å². The van der Waals surface area contributed by atoms with Gasteiger partial charge in [-0.1, -0.05) is 18.4 Å². The van der Waals surface area contributed by atoms with Crippen LogP contribution in [0.1, 0.15) is 18.9 Å². The molecule has 0 spiro atoms. The molecule has 6 nitrogen and oxygen atoms in total. The van der Waals surface area contributed by atoms with Gasteiger partial charge in [-0.15, -0.1) is 0 Å². The summed E-state index contributed by atoms with van der Waals surface area (Å²) < 4.78 is 1.24. The zero-order chi connectivity index (χ0) is 9.26. The number of aromatic nitrogens is 5. The van der Waals surface area contributed by atoms with Gasteiger partial charge in [0.15, 0.2) is 0 Å². The molecule has 0 bridgehead atoms. The number of hydrogen-bond donors (Lipinski definition) is 1. The number of aromatic amines is 1. The highest BCUT2D eigenvalue weighted by molar-refractivity contribution is 5.24. The molecule has 13 heavy (non-hydrogen) atoms. The molecule has 0 fully saturated rings. The van der Waals surface area contributed by atoms with E-state index in [4.69, 9.17) is 0 Å². The summed E-state index contributed by atoms with van der Waals surface area (Å²) in [6.07, 6.45) is 3.21. The van der Waals surface area contributed by atoms with Crippen molar-refractivity contribution in [2.75, 3.05) is 0 Å². The highest BCUT2D eigenvalue weighted by Gasteiger charge is 2.05. The van der Waals surface area contributed by atoms with Gasteiger partial charge in [-0.05, 0) is 11.6 Å². The van der Waals surface area contributed by atoms with Crippen LogP contribution in [-0.2, 0) is 6.42 Å². The Labute approximate surface area is 73.6 Å². The number of tetrazole rings is 1.